The predicted octanol–water partition coefficient (Wildman–Crippen LogP) is 2.50. The zero-order valence-electron chi connectivity index (χ0n) is 11.7. The third-order valence-corrected chi connectivity index (χ3v) is 6.10. The van der Waals surface area contributed by atoms with Gasteiger partial charge in [0, 0.05) is 23.2 Å². The molecule has 0 aliphatic heterocycles. The topological polar surface area (TPSA) is 71.1 Å². The second-order valence-electron chi connectivity index (χ2n) is 5.15. The predicted molar refractivity (Wildman–Crippen MR) is 84.0 cm³/mol. The van der Waals surface area contributed by atoms with Crippen LogP contribution in [0, 0.1) is 6.92 Å². The summed E-state index contributed by atoms with van der Waals surface area (Å²) < 4.78 is 27.5. The molecule has 7 heteroatoms. The van der Waals surface area contributed by atoms with Crippen LogP contribution in [0.2, 0.25) is 0 Å². The van der Waals surface area contributed by atoms with E-state index in [1.165, 1.54) is 24.2 Å². The summed E-state index contributed by atoms with van der Waals surface area (Å²) in [4.78, 5) is 5.19. The van der Waals surface area contributed by atoms with Crippen molar-refractivity contribution in [2.24, 2.45) is 0 Å². The van der Waals surface area contributed by atoms with Crippen LogP contribution in [0.1, 0.15) is 23.4 Å². The van der Waals surface area contributed by atoms with Crippen molar-refractivity contribution in [3.05, 3.63) is 40.9 Å². The van der Waals surface area contributed by atoms with Gasteiger partial charge in [0.15, 0.2) is 0 Å². The molecule has 1 fully saturated rings. The van der Waals surface area contributed by atoms with Crippen molar-refractivity contribution in [1.82, 2.24) is 10.3 Å². The number of rotatable bonds is 6. The van der Waals surface area contributed by atoms with Crippen molar-refractivity contribution in [2.45, 2.75) is 36.6 Å². The molecule has 2 aromatic heterocycles. The molecule has 2 aromatic rings. The maximum absolute atomic E-state index is 12.3. The molecule has 2 N–H and O–H groups in total. The van der Waals surface area contributed by atoms with Crippen LogP contribution in [0.15, 0.2) is 34.5 Å². The summed E-state index contributed by atoms with van der Waals surface area (Å²) in [6.45, 7) is 2.55. The Morgan fingerprint density at radius 1 is 1.29 bits per heavy atom. The maximum Gasteiger partial charge on any atom is 0.272 e. The number of nitrogens with zero attached hydrogens (tertiary/aromatic N) is 1. The Hall–Kier alpha value is -1.44. The first-order valence-corrected chi connectivity index (χ1v) is 9.11. The van der Waals surface area contributed by atoms with E-state index in [0.29, 0.717) is 16.1 Å². The molecule has 0 unspecified atom stereocenters. The van der Waals surface area contributed by atoms with Crippen molar-refractivity contribution in [2.75, 3.05) is 4.72 Å². The van der Waals surface area contributed by atoms with E-state index in [1.807, 2.05) is 19.1 Å². The highest BCUT2D eigenvalue weighted by atomic mass is 32.2. The Morgan fingerprint density at radius 2 is 2.10 bits per heavy atom. The minimum absolute atomic E-state index is 0.318. The smallest absolute Gasteiger partial charge is 0.272 e. The Morgan fingerprint density at radius 3 is 2.81 bits per heavy atom. The van der Waals surface area contributed by atoms with Crippen LogP contribution in [0.4, 0.5) is 5.82 Å². The average Bonchev–Trinajstić information content (AvgIpc) is 3.12. The number of aryl methyl sites for hydroxylation is 1. The summed E-state index contributed by atoms with van der Waals surface area (Å²) in [5.41, 5.74) is 0.774. The first-order valence-electron chi connectivity index (χ1n) is 6.81. The molecule has 0 saturated heterocycles. The van der Waals surface area contributed by atoms with E-state index < -0.39 is 10.0 Å². The maximum atomic E-state index is 12.3. The molecule has 1 aliphatic carbocycles. The lowest BCUT2D eigenvalue weighted by molar-refractivity contribution is 0.603. The Balaban J connectivity index is 1.71. The highest BCUT2D eigenvalue weighted by molar-refractivity contribution is 7.94. The monoisotopic (exact) mass is 323 g/mol. The van der Waals surface area contributed by atoms with Gasteiger partial charge in [0.05, 0.1) is 0 Å². The standard InChI is InChI=1S/C14H17N3O2S2/c1-10-3-2-4-13(16-10)17-21(18,19)14-8-7-12(20-14)9-15-11-5-6-11/h2-4,7-8,11,15H,5-6,9H2,1H3,(H,16,17). The number of pyridine rings is 1. The van der Waals surface area contributed by atoms with E-state index in [9.17, 15) is 8.42 Å². The van der Waals surface area contributed by atoms with Crippen molar-refractivity contribution in [3.63, 3.8) is 0 Å². The van der Waals surface area contributed by atoms with Crippen LogP contribution in [-0.4, -0.2) is 19.4 Å². The fourth-order valence-electron chi connectivity index (χ4n) is 1.92. The van der Waals surface area contributed by atoms with Gasteiger partial charge in [0.1, 0.15) is 10.0 Å². The summed E-state index contributed by atoms with van der Waals surface area (Å²) in [7, 11) is -3.55. The van der Waals surface area contributed by atoms with E-state index in [-0.39, 0.29) is 0 Å². The lowest BCUT2D eigenvalue weighted by Crippen LogP contribution is -2.14. The summed E-state index contributed by atoms with van der Waals surface area (Å²) in [5.74, 6) is 0.348. The van der Waals surface area contributed by atoms with Crippen LogP contribution in [0.3, 0.4) is 0 Å². The molecule has 5 nitrogen and oxygen atoms in total. The summed E-state index contributed by atoms with van der Waals surface area (Å²) in [6, 6.07) is 9.37. The normalized spacial score (nSPS) is 15.1. The second-order valence-corrected chi connectivity index (χ2v) is 8.22. The molecule has 1 saturated carbocycles. The van der Waals surface area contributed by atoms with Gasteiger partial charge in [-0.25, -0.2) is 13.4 Å². The molecule has 112 valence electrons. The number of anilines is 1. The summed E-state index contributed by atoms with van der Waals surface area (Å²) in [5, 5.41) is 3.38. The average molecular weight is 323 g/mol. The minimum Gasteiger partial charge on any atom is -0.309 e. The van der Waals surface area contributed by atoms with Gasteiger partial charge in [-0.3, -0.25) is 4.72 Å². The van der Waals surface area contributed by atoms with Gasteiger partial charge < -0.3 is 5.32 Å². The minimum atomic E-state index is -3.55. The van der Waals surface area contributed by atoms with Crippen molar-refractivity contribution >= 4 is 27.2 Å². The van der Waals surface area contributed by atoms with Gasteiger partial charge in [-0.2, -0.15) is 0 Å². The quantitative estimate of drug-likeness (QED) is 0.857. The highest BCUT2D eigenvalue weighted by Crippen LogP contribution is 2.25. The van der Waals surface area contributed by atoms with Crippen molar-refractivity contribution < 1.29 is 8.42 Å². The van der Waals surface area contributed by atoms with Crippen LogP contribution >= 0.6 is 11.3 Å². The number of aromatic nitrogens is 1. The highest BCUT2D eigenvalue weighted by Gasteiger charge is 2.21. The molecule has 0 radical (unpaired) electrons. The fraction of sp³-hybridized carbons (Fsp3) is 0.357. The number of hydrogen-bond donors (Lipinski definition) is 2. The van der Waals surface area contributed by atoms with Crippen LogP contribution in [0.5, 0.6) is 0 Å². The van der Waals surface area contributed by atoms with E-state index in [2.05, 4.69) is 15.0 Å². The number of sulfonamides is 1. The molecule has 21 heavy (non-hydrogen) atoms. The van der Waals surface area contributed by atoms with E-state index in [1.54, 1.807) is 18.2 Å². The summed E-state index contributed by atoms with van der Waals surface area (Å²) in [6.07, 6.45) is 2.44. The molecule has 0 aromatic carbocycles. The van der Waals surface area contributed by atoms with Crippen molar-refractivity contribution in [3.8, 4) is 0 Å². The Kier molecular flexibility index (Phi) is 3.97. The largest absolute Gasteiger partial charge is 0.309 e. The molecule has 1 aliphatic rings. The lowest BCUT2D eigenvalue weighted by Gasteiger charge is -2.05. The molecule has 0 spiro atoms. The number of thiophene rings is 1. The SMILES string of the molecule is Cc1cccc(NS(=O)(=O)c2ccc(CNC3CC3)s2)n1. The molecular weight excluding hydrogens is 306 g/mol. The first kappa shape index (κ1) is 14.5. The first-order chi connectivity index (χ1) is 10.0. The van der Waals surface area contributed by atoms with Gasteiger partial charge >= 0.3 is 0 Å². The third-order valence-electron chi connectivity index (χ3n) is 3.17. The zero-order chi connectivity index (χ0) is 14.9. The van der Waals surface area contributed by atoms with Crippen LogP contribution in [0.25, 0.3) is 0 Å². The van der Waals surface area contributed by atoms with Gasteiger partial charge in [-0.1, -0.05) is 6.07 Å². The van der Waals surface area contributed by atoms with Crippen LogP contribution in [-0.2, 0) is 16.6 Å². The molecule has 0 atom stereocenters. The Labute approximate surface area is 128 Å². The van der Waals surface area contributed by atoms with E-state index >= 15 is 0 Å². The van der Waals surface area contributed by atoms with Gasteiger partial charge in [0.2, 0.25) is 0 Å². The molecular formula is C14H17N3O2S2. The number of nitrogens with one attached hydrogen (secondary N) is 2. The summed E-state index contributed by atoms with van der Waals surface area (Å²) >= 11 is 1.29. The zero-order valence-corrected chi connectivity index (χ0v) is 13.3. The van der Waals surface area contributed by atoms with Gasteiger partial charge in [-0.15, -0.1) is 11.3 Å². The van der Waals surface area contributed by atoms with Gasteiger partial charge in [0.25, 0.3) is 10.0 Å². The van der Waals surface area contributed by atoms with Gasteiger partial charge in [-0.05, 0) is 44.0 Å². The fourth-order valence-corrected chi connectivity index (χ4v) is 4.23. The van der Waals surface area contributed by atoms with Crippen LogP contribution < -0.4 is 10.0 Å². The lowest BCUT2D eigenvalue weighted by atomic mass is 10.4. The number of hydrogen-bond acceptors (Lipinski definition) is 5. The van der Waals surface area contributed by atoms with E-state index in [4.69, 9.17) is 0 Å². The van der Waals surface area contributed by atoms with Crippen molar-refractivity contribution in [1.29, 1.82) is 0 Å². The molecule has 2 heterocycles. The molecule has 0 bridgehead atoms. The third kappa shape index (κ3) is 3.81. The Bertz CT molecular complexity index is 736. The van der Waals surface area contributed by atoms with E-state index in [0.717, 1.165) is 17.1 Å². The molecule has 3 rings (SSSR count). The second kappa shape index (κ2) is 5.75. The molecule has 0 amide bonds.